The van der Waals surface area contributed by atoms with Gasteiger partial charge in [-0.15, -0.1) is 0 Å². The minimum Gasteiger partial charge on any atom is -0.478 e. The zero-order valence-corrected chi connectivity index (χ0v) is 7.99. The molecule has 0 unspecified atom stereocenters. The second-order valence-electron chi connectivity index (χ2n) is 2.72. The molecule has 0 radical (unpaired) electrons. The van der Waals surface area contributed by atoms with Crippen molar-refractivity contribution < 1.29 is 9.53 Å². The van der Waals surface area contributed by atoms with Crippen molar-refractivity contribution in [2.75, 3.05) is 6.61 Å². The molecule has 0 amide bonds. The van der Waals surface area contributed by atoms with Gasteiger partial charge < -0.3 is 4.74 Å². The SMILES string of the molecule is CCC(=O)c1ccccc1OCC#N. The van der Waals surface area contributed by atoms with E-state index in [1.807, 2.05) is 6.07 Å². The minimum atomic E-state index is -0.0337. The largest absolute Gasteiger partial charge is 0.478 e. The molecule has 72 valence electrons. The minimum absolute atomic E-state index is 0.0264. The fourth-order valence-corrected chi connectivity index (χ4v) is 1.12. The summed E-state index contributed by atoms with van der Waals surface area (Å²) in [6.45, 7) is 1.76. The first-order valence-electron chi connectivity index (χ1n) is 4.41. The maximum absolute atomic E-state index is 11.4. The second-order valence-corrected chi connectivity index (χ2v) is 2.72. The molecule has 14 heavy (non-hydrogen) atoms. The van der Waals surface area contributed by atoms with Crippen LogP contribution in [0.5, 0.6) is 5.75 Å². The number of rotatable bonds is 4. The number of Topliss-reactive ketones (excluding diaryl/α,β-unsaturated/α-hetero) is 1. The summed E-state index contributed by atoms with van der Waals surface area (Å²) in [7, 11) is 0. The normalized spacial score (nSPS) is 9.14. The van der Waals surface area contributed by atoms with Gasteiger partial charge in [-0.25, -0.2) is 0 Å². The van der Waals surface area contributed by atoms with Gasteiger partial charge in [0.05, 0.1) is 5.56 Å². The van der Waals surface area contributed by atoms with Crippen molar-refractivity contribution in [1.29, 1.82) is 5.26 Å². The molecule has 0 saturated carbocycles. The maximum Gasteiger partial charge on any atom is 0.174 e. The molecule has 0 heterocycles. The number of benzene rings is 1. The summed E-state index contributed by atoms with van der Waals surface area (Å²) in [6, 6.07) is 8.83. The highest BCUT2D eigenvalue weighted by molar-refractivity contribution is 5.98. The van der Waals surface area contributed by atoms with Crippen LogP contribution in [0.2, 0.25) is 0 Å². The van der Waals surface area contributed by atoms with Crippen LogP contribution in [0.15, 0.2) is 24.3 Å². The molecule has 1 aromatic rings. The van der Waals surface area contributed by atoms with Gasteiger partial charge in [-0.1, -0.05) is 19.1 Å². The Kier molecular flexibility index (Phi) is 3.69. The van der Waals surface area contributed by atoms with Crippen LogP contribution in [0, 0.1) is 11.3 Å². The third kappa shape index (κ3) is 2.33. The summed E-state index contributed by atoms with van der Waals surface area (Å²) < 4.78 is 5.13. The van der Waals surface area contributed by atoms with Gasteiger partial charge in [0.25, 0.3) is 0 Å². The number of ketones is 1. The molecule has 0 spiro atoms. The van der Waals surface area contributed by atoms with Crippen LogP contribution in [0.25, 0.3) is 0 Å². The van der Waals surface area contributed by atoms with Gasteiger partial charge in [-0.2, -0.15) is 5.26 Å². The molecule has 3 heteroatoms. The number of para-hydroxylation sites is 1. The number of nitriles is 1. The van der Waals surface area contributed by atoms with E-state index in [1.54, 1.807) is 31.2 Å². The molecule has 0 aliphatic heterocycles. The first-order valence-corrected chi connectivity index (χ1v) is 4.41. The fraction of sp³-hybridized carbons (Fsp3) is 0.273. The van der Waals surface area contributed by atoms with Crippen molar-refractivity contribution in [1.82, 2.24) is 0 Å². The van der Waals surface area contributed by atoms with Crippen LogP contribution < -0.4 is 4.74 Å². The van der Waals surface area contributed by atoms with E-state index in [0.29, 0.717) is 17.7 Å². The highest BCUT2D eigenvalue weighted by Crippen LogP contribution is 2.19. The highest BCUT2D eigenvalue weighted by atomic mass is 16.5. The number of hydrogen-bond donors (Lipinski definition) is 0. The zero-order chi connectivity index (χ0) is 10.4. The predicted molar refractivity (Wildman–Crippen MR) is 52.2 cm³/mol. The molecular formula is C11H11NO2. The van der Waals surface area contributed by atoms with Crippen LogP contribution in [0.1, 0.15) is 23.7 Å². The van der Waals surface area contributed by atoms with E-state index in [1.165, 1.54) is 0 Å². The van der Waals surface area contributed by atoms with Crippen molar-refractivity contribution in [2.45, 2.75) is 13.3 Å². The molecule has 0 aromatic heterocycles. The van der Waals surface area contributed by atoms with Gasteiger partial charge in [0.1, 0.15) is 11.8 Å². The monoisotopic (exact) mass is 189 g/mol. The number of nitrogens with zero attached hydrogens (tertiary/aromatic N) is 1. The van der Waals surface area contributed by atoms with Gasteiger partial charge in [0.15, 0.2) is 12.4 Å². The average Bonchev–Trinajstić information content (AvgIpc) is 2.25. The van der Waals surface area contributed by atoms with Gasteiger partial charge >= 0.3 is 0 Å². The van der Waals surface area contributed by atoms with Crippen molar-refractivity contribution in [3.63, 3.8) is 0 Å². The molecule has 0 aliphatic rings. The number of carbonyl (C=O) groups excluding carboxylic acids is 1. The third-order valence-electron chi connectivity index (χ3n) is 1.80. The van der Waals surface area contributed by atoms with E-state index >= 15 is 0 Å². The highest BCUT2D eigenvalue weighted by Gasteiger charge is 2.09. The zero-order valence-electron chi connectivity index (χ0n) is 7.99. The Balaban J connectivity index is 2.92. The Hall–Kier alpha value is -1.82. The summed E-state index contributed by atoms with van der Waals surface area (Å²) in [5.74, 6) is 0.513. The smallest absolute Gasteiger partial charge is 0.174 e. The summed E-state index contributed by atoms with van der Waals surface area (Å²) in [5, 5.41) is 8.35. The quantitative estimate of drug-likeness (QED) is 0.682. The summed E-state index contributed by atoms with van der Waals surface area (Å²) in [6.07, 6.45) is 0.437. The molecule has 1 aromatic carbocycles. The Morgan fingerprint density at radius 2 is 2.21 bits per heavy atom. The first-order chi connectivity index (χ1) is 6.79. The van der Waals surface area contributed by atoms with E-state index in [4.69, 9.17) is 10.00 Å². The van der Waals surface area contributed by atoms with Crippen molar-refractivity contribution in [3.8, 4) is 11.8 Å². The third-order valence-corrected chi connectivity index (χ3v) is 1.80. The molecule has 1 rings (SSSR count). The van der Waals surface area contributed by atoms with E-state index in [-0.39, 0.29) is 12.4 Å². The van der Waals surface area contributed by atoms with E-state index in [0.717, 1.165) is 0 Å². The Labute approximate surface area is 82.9 Å². The van der Waals surface area contributed by atoms with Gasteiger partial charge in [0.2, 0.25) is 0 Å². The lowest BCUT2D eigenvalue weighted by molar-refractivity contribution is 0.0985. The first kappa shape index (κ1) is 10.3. The Morgan fingerprint density at radius 1 is 1.50 bits per heavy atom. The topological polar surface area (TPSA) is 50.1 Å². The van der Waals surface area contributed by atoms with E-state index < -0.39 is 0 Å². The summed E-state index contributed by atoms with van der Waals surface area (Å²) >= 11 is 0. The lowest BCUT2D eigenvalue weighted by Crippen LogP contribution is -2.02. The summed E-state index contributed by atoms with van der Waals surface area (Å²) in [5.41, 5.74) is 0.547. The van der Waals surface area contributed by atoms with Crippen molar-refractivity contribution in [2.24, 2.45) is 0 Å². The molecule has 3 nitrogen and oxygen atoms in total. The molecule has 0 fully saturated rings. The fourth-order valence-electron chi connectivity index (χ4n) is 1.12. The second kappa shape index (κ2) is 5.03. The predicted octanol–water partition coefficient (Wildman–Crippen LogP) is 2.18. The molecular weight excluding hydrogens is 178 g/mol. The van der Waals surface area contributed by atoms with Crippen LogP contribution in [-0.4, -0.2) is 12.4 Å². The lowest BCUT2D eigenvalue weighted by atomic mass is 10.1. The maximum atomic E-state index is 11.4. The molecule has 0 aliphatic carbocycles. The van der Waals surface area contributed by atoms with Crippen LogP contribution in [-0.2, 0) is 0 Å². The van der Waals surface area contributed by atoms with Gasteiger partial charge in [0, 0.05) is 6.42 Å². The van der Waals surface area contributed by atoms with Crippen molar-refractivity contribution >= 4 is 5.78 Å². The number of hydrogen-bond acceptors (Lipinski definition) is 3. The van der Waals surface area contributed by atoms with E-state index in [2.05, 4.69) is 0 Å². The summed E-state index contributed by atoms with van der Waals surface area (Å²) in [4.78, 5) is 11.4. The van der Waals surface area contributed by atoms with Gasteiger partial charge in [-0.3, -0.25) is 4.79 Å². The van der Waals surface area contributed by atoms with Crippen LogP contribution in [0.4, 0.5) is 0 Å². The average molecular weight is 189 g/mol. The number of carbonyl (C=O) groups is 1. The Morgan fingerprint density at radius 3 is 2.86 bits per heavy atom. The molecule has 0 atom stereocenters. The van der Waals surface area contributed by atoms with Gasteiger partial charge in [-0.05, 0) is 12.1 Å². The standard InChI is InChI=1S/C11H11NO2/c1-2-10(13)9-5-3-4-6-11(9)14-8-7-12/h3-6H,2,8H2,1H3. The molecule has 0 N–H and O–H groups in total. The molecule has 0 bridgehead atoms. The van der Waals surface area contributed by atoms with E-state index in [9.17, 15) is 4.79 Å². The van der Waals surface area contributed by atoms with Crippen molar-refractivity contribution in [3.05, 3.63) is 29.8 Å². The van der Waals surface area contributed by atoms with Crippen LogP contribution in [0.3, 0.4) is 0 Å². The van der Waals surface area contributed by atoms with Crippen LogP contribution >= 0.6 is 0 Å². The number of ether oxygens (including phenoxy) is 1. The molecule has 0 saturated heterocycles. The lowest BCUT2D eigenvalue weighted by Gasteiger charge is -2.06. The Bertz CT molecular complexity index is 366.